The number of nitrogens with zero attached hydrogens (tertiary/aromatic N) is 2. The highest BCUT2D eigenvalue weighted by molar-refractivity contribution is 5.09. The predicted octanol–water partition coefficient (Wildman–Crippen LogP) is 2.04. The van der Waals surface area contributed by atoms with E-state index in [9.17, 15) is 0 Å². The van der Waals surface area contributed by atoms with Gasteiger partial charge in [0.2, 0.25) is 0 Å². The maximum absolute atomic E-state index is 4.06. The van der Waals surface area contributed by atoms with Crippen molar-refractivity contribution < 1.29 is 0 Å². The standard InChI is InChI=1S/C14H23N3/c1-14(2)10-13(6-9-16-14)17(3)11-12-4-7-15-8-5-12/h4-5,7-8,13,16H,6,9-11H2,1-3H3. The van der Waals surface area contributed by atoms with Gasteiger partial charge in [0.1, 0.15) is 0 Å². The zero-order chi connectivity index (χ0) is 12.3. The molecule has 3 heteroatoms. The second kappa shape index (κ2) is 5.15. The van der Waals surface area contributed by atoms with Crippen LogP contribution in [0.25, 0.3) is 0 Å². The molecule has 1 fully saturated rings. The molecule has 0 amide bonds. The summed E-state index contributed by atoms with van der Waals surface area (Å²) in [6, 6.07) is 4.88. The lowest BCUT2D eigenvalue weighted by Crippen LogP contribution is -2.52. The summed E-state index contributed by atoms with van der Waals surface area (Å²) in [6.07, 6.45) is 6.20. The van der Waals surface area contributed by atoms with Gasteiger partial charge in [-0.05, 0) is 58.0 Å². The minimum Gasteiger partial charge on any atom is -0.312 e. The van der Waals surface area contributed by atoms with Crippen LogP contribution in [0, 0.1) is 0 Å². The molecular formula is C14H23N3. The third-order valence-corrected chi connectivity index (χ3v) is 3.63. The highest BCUT2D eigenvalue weighted by atomic mass is 15.1. The molecule has 2 rings (SSSR count). The van der Waals surface area contributed by atoms with E-state index < -0.39 is 0 Å². The van der Waals surface area contributed by atoms with E-state index in [2.05, 4.69) is 48.2 Å². The highest BCUT2D eigenvalue weighted by Crippen LogP contribution is 2.22. The zero-order valence-electron chi connectivity index (χ0n) is 11.1. The fourth-order valence-corrected chi connectivity index (χ4v) is 2.62. The summed E-state index contributed by atoms with van der Waals surface area (Å²) in [4.78, 5) is 6.53. The van der Waals surface area contributed by atoms with Gasteiger partial charge in [-0.2, -0.15) is 0 Å². The van der Waals surface area contributed by atoms with Crippen LogP contribution in [0.5, 0.6) is 0 Å². The minimum atomic E-state index is 0.273. The number of rotatable bonds is 3. The Hall–Kier alpha value is -0.930. The second-order valence-electron chi connectivity index (χ2n) is 5.73. The molecule has 1 atom stereocenters. The lowest BCUT2D eigenvalue weighted by molar-refractivity contribution is 0.138. The van der Waals surface area contributed by atoms with Crippen molar-refractivity contribution in [2.75, 3.05) is 13.6 Å². The van der Waals surface area contributed by atoms with Gasteiger partial charge in [0.05, 0.1) is 0 Å². The van der Waals surface area contributed by atoms with E-state index in [4.69, 9.17) is 0 Å². The summed E-state index contributed by atoms with van der Waals surface area (Å²) in [6.45, 7) is 6.72. The molecule has 17 heavy (non-hydrogen) atoms. The Labute approximate surface area is 104 Å². The summed E-state index contributed by atoms with van der Waals surface area (Å²) in [5.41, 5.74) is 1.62. The number of hydrogen-bond donors (Lipinski definition) is 1. The van der Waals surface area contributed by atoms with Crippen molar-refractivity contribution in [3.05, 3.63) is 30.1 Å². The SMILES string of the molecule is CN(Cc1ccncc1)C1CCNC(C)(C)C1. The number of hydrogen-bond acceptors (Lipinski definition) is 3. The molecule has 1 saturated heterocycles. The summed E-state index contributed by atoms with van der Waals surface area (Å²) in [7, 11) is 2.23. The van der Waals surface area contributed by atoms with Crippen LogP contribution in [0.3, 0.4) is 0 Å². The molecule has 0 radical (unpaired) electrons. The van der Waals surface area contributed by atoms with E-state index in [1.54, 1.807) is 0 Å². The number of nitrogens with one attached hydrogen (secondary N) is 1. The Balaban J connectivity index is 1.94. The Morgan fingerprint density at radius 3 is 2.76 bits per heavy atom. The Kier molecular flexibility index (Phi) is 3.79. The van der Waals surface area contributed by atoms with Gasteiger partial charge in [0, 0.05) is 30.5 Å². The first-order chi connectivity index (χ1) is 8.07. The molecule has 1 aromatic heterocycles. The monoisotopic (exact) mass is 233 g/mol. The fraction of sp³-hybridized carbons (Fsp3) is 0.643. The van der Waals surface area contributed by atoms with Crippen LogP contribution in [0.2, 0.25) is 0 Å². The first-order valence-electron chi connectivity index (χ1n) is 6.41. The molecule has 0 saturated carbocycles. The quantitative estimate of drug-likeness (QED) is 0.866. The summed E-state index contributed by atoms with van der Waals surface area (Å²) >= 11 is 0. The lowest BCUT2D eigenvalue weighted by Gasteiger charge is -2.40. The fourth-order valence-electron chi connectivity index (χ4n) is 2.62. The van der Waals surface area contributed by atoms with E-state index in [0.717, 1.165) is 13.1 Å². The van der Waals surface area contributed by atoms with E-state index >= 15 is 0 Å². The molecule has 1 unspecified atom stereocenters. The van der Waals surface area contributed by atoms with Crippen molar-refractivity contribution in [2.45, 2.75) is 44.8 Å². The van der Waals surface area contributed by atoms with Crippen LogP contribution in [0.1, 0.15) is 32.3 Å². The van der Waals surface area contributed by atoms with E-state index in [-0.39, 0.29) is 5.54 Å². The Morgan fingerprint density at radius 2 is 2.12 bits per heavy atom. The first-order valence-corrected chi connectivity index (χ1v) is 6.41. The average Bonchev–Trinajstić information content (AvgIpc) is 2.29. The van der Waals surface area contributed by atoms with Crippen LogP contribution >= 0.6 is 0 Å². The molecule has 1 N–H and O–H groups in total. The molecule has 94 valence electrons. The molecule has 1 aliphatic heterocycles. The van der Waals surface area contributed by atoms with Crippen molar-refractivity contribution in [3.8, 4) is 0 Å². The summed E-state index contributed by atoms with van der Waals surface area (Å²) < 4.78 is 0. The zero-order valence-corrected chi connectivity index (χ0v) is 11.1. The molecule has 2 heterocycles. The molecule has 0 aliphatic carbocycles. The van der Waals surface area contributed by atoms with Crippen molar-refractivity contribution >= 4 is 0 Å². The average molecular weight is 233 g/mol. The third kappa shape index (κ3) is 3.51. The van der Waals surface area contributed by atoms with Crippen LogP contribution in [0.4, 0.5) is 0 Å². The van der Waals surface area contributed by atoms with Crippen molar-refractivity contribution in [1.82, 2.24) is 15.2 Å². The maximum atomic E-state index is 4.06. The van der Waals surface area contributed by atoms with Gasteiger partial charge < -0.3 is 5.32 Å². The van der Waals surface area contributed by atoms with Gasteiger partial charge in [0.25, 0.3) is 0 Å². The number of pyridine rings is 1. The van der Waals surface area contributed by atoms with Crippen LogP contribution in [0.15, 0.2) is 24.5 Å². The van der Waals surface area contributed by atoms with Crippen LogP contribution in [-0.4, -0.2) is 35.1 Å². The van der Waals surface area contributed by atoms with Crippen molar-refractivity contribution in [2.24, 2.45) is 0 Å². The van der Waals surface area contributed by atoms with Gasteiger partial charge >= 0.3 is 0 Å². The second-order valence-corrected chi connectivity index (χ2v) is 5.73. The van der Waals surface area contributed by atoms with Gasteiger partial charge in [0.15, 0.2) is 0 Å². The number of aromatic nitrogens is 1. The summed E-state index contributed by atoms with van der Waals surface area (Å²) in [5, 5.41) is 3.57. The van der Waals surface area contributed by atoms with Gasteiger partial charge in [-0.3, -0.25) is 9.88 Å². The highest BCUT2D eigenvalue weighted by Gasteiger charge is 2.29. The third-order valence-electron chi connectivity index (χ3n) is 3.63. The Bertz CT molecular complexity index is 348. The van der Waals surface area contributed by atoms with Crippen molar-refractivity contribution in [3.63, 3.8) is 0 Å². The lowest BCUT2D eigenvalue weighted by atomic mass is 9.88. The summed E-state index contributed by atoms with van der Waals surface area (Å²) in [5.74, 6) is 0. The van der Waals surface area contributed by atoms with Gasteiger partial charge in [-0.15, -0.1) is 0 Å². The Morgan fingerprint density at radius 1 is 1.41 bits per heavy atom. The van der Waals surface area contributed by atoms with Gasteiger partial charge in [-0.25, -0.2) is 0 Å². The van der Waals surface area contributed by atoms with E-state index in [1.807, 2.05) is 12.4 Å². The molecular weight excluding hydrogens is 210 g/mol. The van der Waals surface area contributed by atoms with E-state index in [1.165, 1.54) is 18.4 Å². The molecule has 1 aliphatic rings. The maximum Gasteiger partial charge on any atom is 0.0271 e. The molecule has 1 aromatic rings. The topological polar surface area (TPSA) is 28.2 Å². The molecule has 0 aromatic carbocycles. The molecule has 0 bridgehead atoms. The van der Waals surface area contributed by atoms with Crippen LogP contribution in [-0.2, 0) is 6.54 Å². The van der Waals surface area contributed by atoms with Crippen molar-refractivity contribution in [1.29, 1.82) is 0 Å². The smallest absolute Gasteiger partial charge is 0.0271 e. The minimum absolute atomic E-state index is 0.273. The largest absolute Gasteiger partial charge is 0.312 e. The van der Waals surface area contributed by atoms with Gasteiger partial charge in [-0.1, -0.05) is 0 Å². The normalized spacial score (nSPS) is 23.9. The first kappa shape index (κ1) is 12.5. The predicted molar refractivity (Wildman–Crippen MR) is 70.8 cm³/mol. The molecule has 0 spiro atoms. The number of piperidine rings is 1. The van der Waals surface area contributed by atoms with Crippen LogP contribution < -0.4 is 5.32 Å². The molecule has 3 nitrogen and oxygen atoms in total. The van der Waals surface area contributed by atoms with E-state index in [0.29, 0.717) is 6.04 Å².